The Kier molecular flexibility index (Phi) is 7.39. The summed E-state index contributed by atoms with van der Waals surface area (Å²) in [5.74, 6) is -1.19. The van der Waals surface area contributed by atoms with Gasteiger partial charge in [-0.15, -0.1) is 11.7 Å². The van der Waals surface area contributed by atoms with Crippen molar-refractivity contribution in [1.29, 1.82) is 0 Å². The Bertz CT molecular complexity index is 185. The molecule has 0 heterocycles. The molecular weight excluding hydrogens is 232 g/mol. The standard InChI is InChI=1S/C6H10O4S3/c7-5(8)3-4(13-12)6(9)10-1-2-11/h4,11-12H,1-3H2,(H,7,8). The molecule has 0 aromatic rings. The number of aliphatic carboxylic acids is 1. The van der Waals surface area contributed by atoms with Gasteiger partial charge in [0, 0.05) is 5.75 Å². The fraction of sp³-hybridized carbons (Fsp3) is 0.667. The number of ether oxygens (including phenoxy) is 1. The smallest absolute Gasteiger partial charge is 0.320 e. The summed E-state index contributed by atoms with van der Waals surface area (Å²) in [6, 6.07) is 0. The molecule has 0 fully saturated rings. The number of hydrogen-bond donors (Lipinski definition) is 3. The van der Waals surface area contributed by atoms with Crippen LogP contribution in [0.15, 0.2) is 0 Å². The van der Waals surface area contributed by atoms with Crippen LogP contribution in [0.1, 0.15) is 6.42 Å². The predicted molar refractivity (Wildman–Crippen MR) is 57.4 cm³/mol. The summed E-state index contributed by atoms with van der Waals surface area (Å²) in [5.41, 5.74) is 0. The van der Waals surface area contributed by atoms with Gasteiger partial charge in [0.15, 0.2) is 0 Å². The van der Waals surface area contributed by atoms with E-state index < -0.39 is 17.2 Å². The van der Waals surface area contributed by atoms with Crippen molar-refractivity contribution in [2.75, 3.05) is 12.4 Å². The van der Waals surface area contributed by atoms with Crippen molar-refractivity contribution >= 4 is 47.0 Å². The molecule has 0 saturated carbocycles. The molecule has 0 aliphatic heterocycles. The van der Waals surface area contributed by atoms with Crippen LogP contribution in [-0.2, 0) is 14.3 Å². The molecule has 76 valence electrons. The van der Waals surface area contributed by atoms with E-state index in [-0.39, 0.29) is 13.0 Å². The summed E-state index contributed by atoms with van der Waals surface area (Å²) in [7, 11) is 0.871. The Balaban J connectivity index is 3.92. The second-order valence-electron chi connectivity index (χ2n) is 2.08. The Morgan fingerprint density at radius 1 is 1.54 bits per heavy atom. The monoisotopic (exact) mass is 242 g/mol. The zero-order valence-corrected chi connectivity index (χ0v) is 9.28. The lowest BCUT2D eigenvalue weighted by atomic mass is 10.3. The van der Waals surface area contributed by atoms with E-state index in [9.17, 15) is 9.59 Å². The lowest BCUT2D eigenvalue weighted by Crippen LogP contribution is -2.23. The van der Waals surface area contributed by atoms with Crippen LogP contribution in [0.25, 0.3) is 0 Å². The fourth-order valence-electron chi connectivity index (χ4n) is 0.561. The van der Waals surface area contributed by atoms with Crippen molar-refractivity contribution in [3.8, 4) is 0 Å². The third-order valence-electron chi connectivity index (χ3n) is 1.09. The fourth-order valence-corrected chi connectivity index (χ4v) is 1.51. The number of hydrogen-bond acceptors (Lipinski definition) is 6. The van der Waals surface area contributed by atoms with Crippen LogP contribution in [0.5, 0.6) is 0 Å². The second-order valence-corrected chi connectivity index (χ2v) is 3.94. The molecule has 1 unspecified atom stereocenters. The van der Waals surface area contributed by atoms with E-state index in [0.717, 1.165) is 10.8 Å². The first-order valence-electron chi connectivity index (χ1n) is 3.41. The largest absolute Gasteiger partial charge is 0.481 e. The Morgan fingerprint density at radius 2 is 2.15 bits per heavy atom. The predicted octanol–water partition coefficient (Wildman–Crippen LogP) is 0.881. The molecule has 4 nitrogen and oxygen atoms in total. The number of carbonyl (C=O) groups excluding carboxylic acids is 1. The molecule has 0 spiro atoms. The molecular formula is C6H10O4S3. The number of carbonyl (C=O) groups is 2. The number of esters is 1. The highest BCUT2D eigenvalue weighted by Crippen LogP contribution is 2.19. The normalized spacial score (nSPS) is 12.2. The van der Waals surface area contributed by atoms with Gasteiger partial charge in [0.05, 0.1) is 6.42 Å². The number of rotatable bonds is 6. The number of carboxylic acids is 1. The molecule has 0 aromatic carbocycles. The van der Waals surface area contributed by atoms with Crippen molar-refractivity contribution in [1.82, 2.24) is 0 Å². The van der Waals surface area contributed by atoms with Gasteiger partial charge in [-0.2, -0.15) is 12.6 Å². The molecule has 0 bridgehead atoms. The maximum atomic E-state index is 11.1. The quantitative estimate of drug-likeness (QED) is 0.367. The lowest BCUT2D eigenvalue weighted by molar-refractivity contribution is -0.146. The average Bonchev–Trinajstić information content (AvgIpc) is 2.09. The van der Waals surface area contributed by atoms with E-state index in [2.05, 4.69) is 24.3 Å². The summed E-state index contributed by atoms with van der Waals surface area (Å²) in [4.78, 5) is 21.4. The summed E-state index contributed by atoms with van der Waals surface area (Å²) >= 11 is 7.63. The summed E-state index contributed by atoms with van der Waals surface area (Å²) in [6.45, 7) is 0.187. The minimum atomic E-state index is -1.05. The molecule has 0 radical (unpaired) electrons. The Morgan fingerprint density at radius 3 is 2.54 bits per heavy atom. The second kappa shape index (κ2) is 7.40. The van der Waals surface area contributed by atoms with Crippen molar-refractivity contribution in [2.45, 2.75) is 11.7 Å². The molecule has 7 heteroatoms. The molecule has 1 N–H and O–H groups in total. The zero-order chi connectivity index (χ0) is 10.3. The Hall–Kier alpha value is -0.0100. The molecule has 0 aliphatic rings. The summed E-state index contributed by atoms with van der Waals surface area (Å²) in [5, 5.41) is 7.67. The molecule has 0 rings (SSSR count). The van der Waals surface area contributed by atoms with Crippen LogP contribution >= 0.6 is 35.1 Å². The molecule has 0 saturated heterocycles. The van der Waals surface area contributed by atoms with Crippen molar-refractivity contribution in [2.24, 2.45) is 0 Å². The first kappa shape index (κ1) is 13.0. The van der Waals surface area contributed by atoms with Gasteiger partial charge >= 0.3 is 11.9 Å². The number of carboxylic acid groups (broad SMARTS) is 1. The van der Waals surface area contributed by atoms with E-state index in [0.29, 0.717) is 5.75 Å². The molecule has 1 atom stereocenters. The topological polar surface area (TPSA) is 63.6 Å². The van der Waals surface area contributed by atoms with Crippen LogP contribution in [-0.4, -0.2) is 34.7 Å². The zero-order valence-electron chi connectivity index (χ0n) is 6.67. The van der Waals surface area contributed by atoms with Crippen LogP contribution in [0.4, 0.5) is 0 Å². The molecule has 0 amide bonds. The highest BCUT2D eigenvalue weighted by Gasteiger charge is 2.22. The van der Waals surface area contributed by atoms with Gasteiger partial charge in [-0.05, 0) is 0 Å². The van der Waals surface area contributed by atoms with Crippen LogP contribution in [0.2, 0.25) is 0 Å². The highest BCUT2D eigenvalue weighted by atomic mass is 33.1. The van der Waals surface area contributed by atoms with Crippen molar-refractivity contribution in [3.63, 3.8) is 0 Å². The highest BCUT2D eigenvalue weighted by molar-refractivity contribution is 8.69. The molecule has 0 aromatic heterocycles. The van der Waals surface area contributed by atoms with E-state index in [1.165, 1.54) is 0 Å². The minimum Gasteiger partial charge on any atom is -0.481 e. The van der Waals surface area contributed by atoms with Crippen LogP contribution in [0, 0.1) is 0 Å². The maximum absolute atomic E-state index is 11.1. The van der Waals surface area contributed by atoms with Gasteiger partial charge < -0.3 is 9.84 Å². The van der Waals surface area contributed by atoms with E-state index in [4.69, 9.17) is 9.84 Å². The average molecular weight is 242 g/mol. The third-order valence-corrected chi connectivity index (χ3v) is 2.65. The molecule has 0 aliphatic carbocycles. The first-order chi connectivity index (χ1) is 6.11. The third kappa shape index (κ3) is 6.11. The van der Waals surface area contributed by atoms with E-state index in [1.807, 2.05) is 0 Å². The maximum Gasteiger partial charge on any atom is 0.320 e. The van der Waals surface area contributed by atoms with Gasteiger partial charge in [0.1, 0.15) is 11.9 Å². The van der Waals surface area contributed by atoms with Gasteiger partial charge in [-0.1, -0.05) is 10.8 Å². The van der Waals surface area contributed by atoms with Crippen molar-refractivity contribution in [3.05, 3.63) is 0 Å². The lowest BCUT2D eigenvalue weighted by Gasteiger charge is -2.09. The summed E-state index contributed by atoms with van der Waals surface area (Å²) < 4.78 is 4.70. The van der Waals surface area contributed by atoms with Gasteiger partial charge in [-0.25, -0.2) is 0 Å². The van der Waals surface area contributed by atoms with Crippen molar-refractivity contribution < 1.29 is 19.4 Å². The van der Waals surface area contributed by atoms with Gasteiger partial charge in [-0.3, -0.25) is 9.59 Å². The minimum absolute atomic E-state index is 0.187. The van der Waals surface area contributed by atoms with E-state index in [1.54, 1.807) is 0 Å². The SMILES string of the molecule is O=C(O)CC(SS)C(=O)OCCS. The van der Waals surface area contributed by atoms with E-state index >= 15 is 0 Å². The van der Waals surface area contributed by atoms with Gasteiger partial charge in [0.25, 0.3) is 0 Å². The van der Waals surface area contributed by atoms with Crippen LogP contribution < -0.4 is 0 Å². The van der Waals surface area contributed by atoms with Crippen LogP contribution in [0.3, 0.4) is 0 Å². The summed E-state index contributed by atoms with van der Waals surface area (Å²) in [6.07, 6.45) is -0.278. The Labute approximate surface area is 90.6 Å². The first-order valence-corrected chi connectivity index (χ1v) is 5.97. The van der Waals surface area contributed by atoms with Gasteiger partial charge in [0.2, 0.25) is 0 Å². The molecule has 13 heavy (non-hydrogen) atoms. The number of thiol groups is 2.